The third-order valence-corrected chi connectivity index (χ3v) is 3.91. The second-order valence-corrected chi connectivity index (χ2v) is 5.77. The van der Waals surface area contributed by atoms with Gasteiger partial charge in [0.1, 0.15) is 11.6 Å². The number of aromatic hydroxyl groups is 1. The van der Waals surface area contributed by atoms with E-state index in [1.54, 1.807) is 12.1 Å². The lowest BCUT2D eigenvalue weighted by Gasteiger charge is -2.07. The highest BCUT2D eigenvalue weighted by molar-refractivity contribution is 14.1. The van der Waals surface area contributed by atoms with Crippen LogP contribution in [0.25, 0.3) is 0 Å². The first-order valence-corrected chi connectivity index (χ1v) is 7.09. The number of phenolic OH excluding ortho intramolecular Hbond substituents is 1. The Morgan fingerprint density at radius 3 is 2.63 bits per heavy atom. The minimum atomic E-state index is -0.398. The molecule has 2 N–H and O–H groups in total. The topological polar surface area (TPSA) is 49.3 Å². The second-order valence-electron chi connectivity index (χ2n) is 3.75. The minimum absolute atomic E-state index is 0.0496. The fourth-order valence-corrected chi connectivity index (χ4v) is 2.15. The molecule has 0 atom stereocenters. The van der Waals surface area contributed by atoms with Crippen LogP contribution in [0.3, 0.4) is 0 Å². The Kier molecular flexibility index (Phi) is 4.41. The monoisotopic (exact) mass is 435 g/mol. The molecule has 0 aliphatic rings. The number of amides is 1. The lowest BCUT2D eigenvalue weighted by molar-refractivity contribution is 0.102. The summed E-state index contributed by atoms with van der Waals surface area (Å²) in [6.45, 7) is 0. The largest absolute Gasteiger partial charge is 0.507 e. The zero-order chi connectivity index (χ0) is 14.0. The van der Waals surface area contributed by atoms with Crippen LogP contribution in [0.4, 0.5) is 10.1 Å². The number of phenols is 1. The van der Waals surface area contributed by atoms with Crippen molar-refractivity contribution in [2.24, 2.45) is 0 Å². The highest BCUT2D eigenvalue weighted by Gasteiger charge is 2.09. The molecule has 0 bridgehead atoms. The number of carbonyl (C=O) groups is 1. The van der Waals surface area contributed by atoms with Gasteiger partial charge in [-0.05, 0) is 74.9 Å². The number of hydrogen-bond acceptors (Lipinski definition) is 2. The number of hydrogen-bond donors (Lipinski definition) is 2. The zero-order valence-electron chi connectivity index (χ0n) is 9.45. The average Bonchev–Trinajstić information content (AvgIpc) is 2.37. The molecule has 6 heteroatoms. The fraction of sp³-hybridized carbons (Fsp3) is 0. The van der Waals surface area contributed by atoms with Gasteiger partial charge in [-0.25, -0.2) is 4.39 Å². The Morgan fingerprint density at radius 2 is 2.00 bits per heavy atom. The molecule has 3 nitrogen and oxygen atoms in total. The highest BCUT2D eigenvalue weighted by Crippen LogP contribution is 2.23. The van der Waals surface area contributed by atoms with Crippen LogP contribution in [0.5, 0.6) is 5.75 Å². The van der Waals surface area contributed by atoms with Gasteiger partial charge in [0.05, 0.1) is 8.04 Å². The van der Waals surface area contributed by atoms with Gasteiger partial charge in [0, 0.05) is 11.3 Å². The molecule has 0 fully saturated rings. The van der Waals surface area contributed by atoms with Gasteiger partial charge in [-0.1, -0.05) is 0 Å². The van der Waals surface area contributed by atoms with Crippen LogP contribution in [-0.2, 0) is 0 Å². The Balaban J connectivity index is 2.20. The molecule has 2 aromatic carbocycles. The van der Waals surface area contributed by atoms with Crippen LogP contribution in [0.15, 0.2) is 40.9 Å². The first kappa shape index (κ1) is 14.3. The van der Waals surface area contributed by atoms with E-state index in [1.165, 1.54) is 24.3 Å². The highest BCUT2D eigenvalue weighted by atomic mass is 127. The lowest BCUT2D eigenvalue weighted by atomic mass is 10.2. The smallest absolute Gasteiger partial charge is 0.255 e. The van der Waals surface area contributed by atoms with Crippen molar-refractivity contribution in [1.82, 2.24) is 0 Å². The summed E-state index contributed by atoms with van der Waals surface area (Å²) in [4.78, 5) is 11.9. The summed E-state index contributed by atoms with van der Waals surface area (Å²) in [5.74, 6) is -0.719. The predicted molar refractivity (Wildman–Crippen MR) is 82.9 cm³/mol. The van der Waals surface area contributed by atoms with Gasteiger partial charge >= 0.3 is 0 Å². The SMILES string of the molecule is O=C(Nc1ccc(F)c(Br)c1)c1ccc(I)c(O)c1. The third-order valence-electron chi connectivity index (χ3n) is 2.39. The number of nitrogens with one attached hydrogen (secondary N) is 1. The van der Waals surface area contributed by atoms with Gasteiger partial charge in [0.15, 0.2) is 0 Å². The van der Waals surface area contributed by atoms with E-state index in [4.69, 9.17) is 0 Å². The van der Waals surface area contributed by atoms with E-state index >= 15 is 0 Å². The Morgan fingerprint density at radius 1 is 1.26 bits per heavy atom. The van der Waals surface area contributed by atoms with Crippen LogP contribution in [0.1, 0.15) is 10.4 Å². The lowest BCUT2D eigenvalue weighted by Crippen LogP contribution is -2.11. The molecule has 0 aliphatic carbocycles. The quantitative estimate of drug-likeness (QED) is 0.696. The predicted octanol–water partition coefficient (Wildman–Crippen LogP) is 4.15. The summed E-state index contributed by atoms with van der Waals surface area (Å²) in [6.07, 6.45) is 0. The van der Waals surface area contributed by atoms with Gasteiger partial charge in [-0.15, -0.1) is 0 Å². The Hall–Kier alpha value is -1.15. The molecule has 2 aromatic rings. The maximum Gasteiger partial charge on any atom is 0.255 e. The third kappa shape index (κ3) is 3.44. The molecule has 0 unspecified atom stereocenters. The van der Waals surface area contributed by atoms with Crippen LogP contribution in [0, 0.1) is 9.39 Å². The molecule has 0 aliphatic heterocycles. The van der Waals surface area contributed by atoms with Crippen LogP contribution >= 0.6 is 38.5 Å². The molecule has 19 heavy (non-hydrogen) atoms. The van der Waals surface area contributed by atoms with Gasteiger partial charge in [0.2, 0.25) is 0 Å². The number of halogens is 3. The normalized spacial score (nSPS) is 10.3. The second kappa shape index (κ2) is 5.87. The van der Waals surface area contributed by atoms with Crippen molar-refractivity contribution in [3.8, 4) is 5.75 Å². The van der Waals surface area contributed by atoms with Gasteiger partial charge in [-0.3, -0.25) is 4.79 Å². The molecule has 0 saturated carbocycles. The summed E-state index contributed by atoms with van der Waals surface area (Å²) in [5.41, 5.74) is 0.801. The van der Waals surface area contributed by atoms with Gasteiger partial charge in [0.25, 0.3) is 5.91 Å². The van der Waals surface area contributed by atoms with Crippen molar-refractivity contribution in [1.29, 1.82) is 0 Å². The number of anilines is 1. The number of benzene rings is 2. The van der Waals surface area contributed by atoms with E-state index < -0.39 is 5.82 Å². The summed E-state index contributed by atoms with van der Waals surface area (Å²) >= 11 is 5.01. The zero-order valence-corrected chi connectivity index (χ0v) is 13.2. The molecule has 2 rings (SSSR count). The summed E-state index contributed by atoms with van der Waals surface area (Å²) < 4.78 is 14.0. The van der Waals surface area contributed by atoms with Crippen LogP contribution < -0.4 is 5.32 Å². The molecule has 0 aromatic heterocycles. The van der Waals surface area contributed by atoms with Crippen molar-refractivity contribution in [2.75, 3.05) is 5.32 Å². The van der Waals surface area contributed by atoms with Crippen molar-refractivity contribution < 1.29 is 14.3 Å². The molecule has 0 saturated heterocycles. The molecule has 1 amide bonds. The van der Waals surface area contributed by atoms with E-state index in [-0.39, 0.29) is 16.1 Å². The summed E-state index contributed by atoms with van der Waals surface area (Å²) in [7, 11) is 0. The van der Waals surface area contributed by atoms with Crippen molar-refractivity contribution in [3.05, 3.63) is 55.8 Å². The maximum absolute atomic E-state index is 13.1. The molecule has 0 heterocycles. The molecule has 0 radical (unpaired) electrons. The summed E-state index contributed by atoms with van der Waals surface area (Å²) in [6, 6.07) is 8.83. The molecular formula is C13H8BrFINO2. The first-order chi connectivity index (χ1) is 8.97. The summed E-state index contributed by atoms with van der Waals surface area (Å²) in [5, 5.41) is 12.2. The minimum Gasteiger partial charge on any atom is -0.507 e. The van der Waals surface area contributed by atoms with E-state index in [1.807, 2.05) is 22.6 Å². The number of rotatable bonds is 2. The fourth-order valence-electron chi connectivity index (χ4n) is 1.43. The van der Waals surface area contributed by atoms with Gasteiger partial charge in [-0.2, -0.15) is 0 Å². The standard InChI is InChI=1S/C13H8BrFINO2/c14-9-6-8(2-3-10(9)15)17-13(19)7-1-4-11(16)12(18)5-7/h1-6,18H,(H,17,19). The van der Waals surface area contributed by atoms with E-state index in [0.29, 0.717) is 14.8 Å². The molecule has 98 valence electrons. The number of carbonyl (C=O) groups excluding carboxylic acids is 1. The maximum atomic E-state index is 13.1. The first-order valence-electron chi connectivity index (χ1n) is 5.22. The van der Waals surface area contributed by atoms with Crippen molar-refractivity contribution >= 4 is 50.1 Å². The van der Waals surface area contributed by atoms with Crippen molar-refractivity contribution in [3.63, 3.8) is 0 Å². The Labute approximate surface area is 131 Å². The molecule has 0 spiro atoms. The van der Waals surface area contributed by atoms with Crippen LogP contribution in [-0.4, -0.2) is 11.0 Å². The Bertz CT molecular complexity index is 649. The van der Waals surface area contributed by atoms with Gasteiger partial charge < -0.3 is 10.4 Å². The van der Waals surface area contributed by atoms with Crippen LogP contribution in [0.2, 0.25) is 0 Å². The molecular weight excluding hydrogens is 428 g/mol. The van der Waals surface area contributed by atoms with E-state index in [9.17, 15) is 14.3 Å². The van der Waals surface area contributed by atoms with E-state index in [2.05, 4.69) is 21.2 Å². The average molecular weight is 436 g/mol. The van der Waals surface area contributed by atoms with E-state index in [0.717, 1.165) is 0 Å². The van der Waals surface area contributed by atoms with Crippen molar-refractivity contribution in [2.45, 2.75) is 0 Å².